The highest BCUT2D eigenvalue weighted by molar-refractivity contribution is 5.72. The van der Waals surface area contributed by atoms with E-state index in [2.05, 4.69) is 11.8 Å². The van der Waals surface area contributed by atoms with Gasteiger partial charge in [0.15, 0.2) is 0 Å². The highest BCUT2D eigenvalue weighted by Gasteiger charge is 2.28. The molecular weight excluding hydrogens is 268 g/mol. The first-order chi connectivity index (χ1) is 9.90. The summed E-state index contributed by atoms with van der Waals surface area (Å²) in [6, 6.07) is 5.36. The third kappa shape index (κ3) is 3.54. The van der Waals surface area contributed by atoms with Crippen LogP contribution >= 0.6 is 0 Å². The standard InChI is InChI=1S/C16H24N2O3/c1-11-4-5-15(19)14(10-11)12(2)17-6-8-18(9-7-17)13(3)16(20)21/h4-5,10,12-13,19H,6-9H2,1-3H3,(H,20,21). The van der Waals surface area contributed by atoms with Crippen molar-refractivity contribution in [2.45, 2.75) is 32.9 Å². The molecule has 0 amide bonds. The van der Waals surface area contributed by atoms with E-state index in [9.17, 15) is 9.90 Å². The highest BCUT2D eigenvalue weighted by Crippen LogP contribution is 2.30. The molecule has 1 aromatic rings. The van der Waals surface area contributed by atoms with Gasteiger partial charge in [0, 0.05) is 37.8 Å². The molecular formula is C16H24N2O3. The number of carboxylic acids is 1. The minimum Gasteiger partial charge on any atom is -0.508 e. The molecule has 2 unspecified atom stereocenters. The van der Waals surface area contributed by atoms with Gasteiger partial charge in [-0.05, 0) is 26.8 Å². The summed E-state index contributed by atoms with van der Waals surface area (Å²) in [7, 11) is 0. The van der Waals surface area contributed by atoms with Crippen molar-refractivity contribution in [3.05, 3.63) is 29.3 Å². The number of aromatic hydroxyl groups is 1. The Morgan fingerprint density at radius 3 is 2.29 bits per heavy atom. The van der Waals surface area contributed by atoms with E-state index in [1.54, 1.807) is 13.0 Å². The molecule has 5 heteroatoms. The van der Waals surface area contributed by atoms with Crippen LogP contribution in [0.3, 0.4) is 0 Å². The number of hydrogen-bond acceptors (Lipinski definition) is 4. The summed E-state index contributed by atoms with van der Waals surface area (Å²) in [4.78, 5) is 15.3. The van der Waals surface area contributed by atoms with Crippen LogP contribution in [0.5, 0.6) is 5.75 Å². The van der Waals surface area contributed by atoms with E-state index in [0.717, 1.165) is 37.3 Å². The number of piperazine rings is 1. The van der Waals surface area contributed by atoms with Crippen molar-refractivity contribution in [1.29, 1.82) is 0 Å². The second kappa shape index (κ2) is 6.45. The second-order valence-corrected chi connectivity index (χ2v) is 5.82. The summed E-state index contributed by atoms with van der Waals surface area (Å²) >= 11 is 0. The molecule has 2 atom stereocenters. The molecule has 0 spiro atoms. The van der Waals surface area contributed by atoms with E-state index in [4.69, 9.17) is 5.11 Å². The molecule has 1 heterocycles. The maximum atomic E-state index is 11.0. The smallest absolute Gasteiger partial charge is 0.320 e. The lowest BCUT2D eigenvalue weighted by Crippen LogP contribution is -2.52. The van der Waals surface area contributed by atoms with Gasteiger partial charge in [-0.3, -0.25) is 14.6 Å². The zero-order valence-corrected chi connectivity index (χ0v) is 12.9. The van der Waals surface area contributed by atoms with E-state index in [1.165, 1.54) is 0 Å². The summed E-state index contributed by atoms with van der Waals surface area (Å²) in [6.07, 6.45) is 0. The summed E-state index contributed by atoms with van der Waals surface area (Å²) in [5.74, 6) is -0.442. The number of aryl methyl sites for hydroxylation is 1. The molecule has 1 fully saturated rings. The van der Waals surface area contributed by atoms with Crippen molar-refractivity contribution in [2.24, 2.45) is 0 Å². The molecule has 2 rings (SSSR count). The van der Waals surface area contributed by atoms with Crippen LogP contribution in [0.4, 0.5) is 0 Å². The molecule has 1 aromatic carbocycles. The van der Waals surface area contributed by atoms with Crippen LogP contribution in [-0.2, 0) is 4.79 Å². The molecule has 0 aliphatic carbocycles. The molecule has 0 aromatic heterocycles. The zero-order chi connectivity index (χ0) is 15.6. The number of benzene rings is 1. The normalized spacial score (nSPS) is 20.1. The third-order valence-corrected chi connectivity index (χ3v) is 4.43. The minimum atomic E-state index is -0.771. The monoisotopic (exact) mass is 292 g/mol. The predicted octanol–water partition coefficient (Wildman–Crippen LogP) is 1.85. The van der Waals surface area contributed by atoms with Crippen molar-refractivity contribution in [3.8, 4) is 5.75 Å². The fourth-order valence-corrected chi connectivity index (χ4v) is 2.87. The lowest BCUT2D eigenvalue weighted by Gasteiger charge is -2.39. The molecule has 116 valence electrons. The molecule has 1 saturated heterocycles. The number of carbonyl (C=O) groups is 1. The quantitative estimate of drug-likeness (QED) is 0.887. The van der Waals surface area contributed by atoms with Gasteiger partial charge in [0.05, 0.1) is 0 Å². The summed E-state index contributed by atoms with van der Waals surface area (Å²) in [5.41, 5.74) is 2.07. The first-order valence-corrected chi connectivity index (χ1v) is 7.40. The van der Waals surface area contributed by atoms with E-state index in [-0.39, 0.29) is 6.04 Å². The van der Waals surface area contributed by atoms with Crippen LogP contribution in [-0.4, -0.2) is 58.2 Å². The second-order valence-electron chi connectivity index (χ2n) is 5.82. The van der Waals surface area contributed by atoms with Crippen LogP contribution < -0.4 is 0 Å². The lowest BCUT2D eigenvalue weighted by molar-refractivity contribution is -0.143. The maximum absolute atomic E-state index is 11.0. The molecule has 0 bridgehead atoms. The topological polar surface area (TPSA) is 64.0 Å². The molecule has 5 nitrogen and oxygen atoms in total. The van der Waals surface area contributed by atoms with Crippen LogP contribution in [0.25, 0.3) is 0 Å². The van der Waals surface area contributed by atoms with Gasteiger partial charge in [-0.2, -0.15) is 0 Å². The van der Waals surface area contributed by atoms with Crippen LogP contribution in [0, 0.1) is 6.92 Å². The Labute approximate surface area is 125 Å². The number of nitrogens with zero attached hydrogens (tertiary/aromatic N) is 2. The maximum Gasteiger partial charge on any atom is 0.320 e. The van der Waals surface area contributed by atoms with Gasteiger partial charge in [0.25, 0.3) is 0 Å². The lowest BCUT2D eigenvalue weighted by atomic mass is 10.0. The van der Waals surface area contributed by atoms with Gasteiger partial charge in [0.2, 0.25) is 0 Å². The van der Waals surface area contributed by atoms with Gasteiger partial charge in [-0.25, -0.2) is 0 Å². The van der Waals surface area contributed by atoms with Gasteiger partial charge < -0.3 is 10.2 Å². The predicted molar refractivity (Wildman–Crippen MR) is 81.5 cm³/mol. The molecule has 1 aliphatic heterocycles. The Morgan fingerprint density at radius 1 is 1.14 bits per heavy atom. The molecule has 1 aliphatic rings. The number of carboxylic acid groups (broad SMARTS) is 1. The average Bonchev–Trinajstić information content (AvgIpc) is 2.48. The summed E-state index contributed by atoms with van der Waals surface area (Å²) in [6.45, 7) is 8.94. The SMILES string of the molecule is Cc1ccc(O)c(C(C)N2CCN(C(C)C(=O)O)CC2)c1. The Bertz CT molecular complexity index is 510. The Kier molecular flexibility index (Phi) is 4.85. The number of hydrogen-bond donors (Lipinski definition) is 2. The first kappa shape index (κ1) is 15.8. The van der Waals surface area contributed by atoms with E-state index < -0.39 is 12.0 Å². The molecule has 0 saturated carbocycles. The van der Waals surface area contributed by atoms with E-state index in [0.29, 0.717) is 5.75 Å². The fourth-order valence-electron chi connectivity index (χ4n) is 2.87. The summed E-state index contributed by atoms with van der Waals surface area (Å²) in [5, 5.41) is 19.1. The average molecular weight is 292 g/mol. The molecule has 2 N–H and O–H groups in total. The van der Waals surface area contributed by atoms with Gasteiger partial charge >= 0.3 is 5.97 Å². The van der Waals surface area contributed by atoms with Gasteiger partial charge in [-0.15, -0.1) is 0 Å². The largest absolute Gasteiger partial charge is 0.508 e. The molecule has 21 heavy (non-hydrogen) atoms. The Morgan fingerprint density at radius 2 is 1.71 bits per heavy atom. The Balaban J connectivity index is 2.01. The third-order valence-electron chi connectivity index (χ3n) is 4.43. The van der Waals surface area contributed by atoms with Crippen molar-refractivity contribution in [1.82, 2.24) is 9.80 Å². The zero-order valence-electron chi connectivity index (χ0n) is 12.9. The van der Waals surface area contributed by atoms with Gasteiger partial charge in [-0.1, -0.05) is 17.7 Å². The van der Waals surface area contributed by atoms with E-state index in [1.807, 2.05) is 24.0 Å². The Hall–Kier alpha value is -1.59. The van der Waals surface area contributed by atoms with Crippen molar-refractivity contribution >= 4 is 5.97 Å². The van der Waals surface area contributed by atoms with Crippen molar-refractivity contribution in [3.63, 3.8) is 0 Å². The van der Waals surface area contributed by atoms with Crippen LogP contribution in [0.15, 0.2) is 18.2 Å². The van der Waals surface area contributed by atoms with E-state index >= 15 is 0 Å². The minimum absolute atomic E-state index is 0.132. The number of rotatable bonds is 4. The number of phenolic OH excluding ortho intramolecular Hbond substituents is 1. The van der Waals surface area contributed by atoms with Gasteiger partial charge in [0.1, 0.15) is 11.8 Å². The molecule has 0 radical (unpaired) electrons. The highest BCUT2D eigenvalue weighted by atomic mass is 16.4. The fraction of sp³-hybridized carbons (Fsp3) is 0.562. The first-order valence-electron chi connectivity index (χ1n) is 7.40. The number of phenols is 1. The van der Waals surface area contributed by atoms with Crippen molar-refractivity contribution in [2.75, 3.05) is 26.2 Å². The van der Waals surface area contributed by atoms with Crippen LogP contribution in [0.1, 0.15) is 31.0 Å². The van der Waals surface area contributed by atoms with Crippen LogP contribution in [0.2, 0.25) is 0 Å². The number of aliphatic carboxylic acids is 1. The summed E-state index contributed by atoms with van der Waals surface area (Å²) < 4.78 is 0. The van der Waals surface area contributed by atoms with Crippen molar-refractivity contribution < 1.29 is 15.0 Å².